The van der Waals surface area contributed by atoms with E-state index >= 15 is 0 Å². The number of rotatable bonds is 9. The molecule has 0 aromatic heterocycles. The van der Waals surface area contributed by atoms with Crippen LogP contribution in [0, 0.1) is 0 Å². The molecule has 0 radical (unpaired) electrons. The van der Waals surface area contributed by atoms with E-state index in [2.05, 4.69) is 4.90 Å². The Morgan fingerprint density at radius 2 is 1.91 bits per heavy atom. The van der Waals surface area contributed by atoms with Gasteiger partial charge in [0.15, 0.2) is 0 Å². The molecular formula is C13H29BCl2N2O5. The van der Waals surface area contributed by atoms with Gasteiger partial charge >= 0.3 is 13.1 Å². The van der Waals surface area contributed by atoms with Crippen LogP contribution in [0.1, 0.15) is 38.5 Å². The SMILES string of the molecule is Cl.Cl.NC(CCCCB(O)O)(CCN1CCCC(O)C1)C(=O)O. The average Bonchev–Trinajstić information content (AvgIpc) is 2.41. The van der Waals surface area contributed by atoms with Crippen LogP contribution in [0.15, 0.2) is 0 Å². The maximum Gasteiger partial charge on any atom is 0.451 e. The van der Waals surface area contributed by atoms with Crippen molar-refractivity contribution in [1.82, 2.24) is 4.90 Å². The largest absolute Gasteiger partial charge is 0.480 e. The van der Waals surface area contributed by atoms with Gasteiger partial charge in [0.1, 0.15) is 5.54 Å². The number of likely N-dealkylation sites (tertiary alicyclic amines) is 1. The fourth-order valence-electron chi connectivity index (χ4n) is 2.70. The lowest BCUT2D eigenvalue weighted by Crippen LogP contribution is -2.51. The van der Waals surface area contributed by atoms with Crippen molar-refractivity contribution in [3.63, 3.8) is 0 Å². The fourth-order valence-corrected chi connectivity index (χ4v) is 2.70. The van der Waals surface area contributed by atoms with Crippen LogP contribution in [0.4, 0.5) is 0 Å². The van der Waals surface area contributed by atoms with E-state index in [1.54, 1.807) is 0 Å². The predicted molar refractivity (Wildman–Crippen MR) is 94.2 cm³/mol. The minimum atomic E-state index is -1.35. The number of nitrogens with two attached hydrogens (primary N) is 1. The number of halogens is 2. The molecule has 6 N–H and O–H groups in total. The van der Waals surface area contributed by atoms with Crippen molar-refractivity contribution in [2.24, 2.45) is 5.73 Å². The second-order valence-corrected chi connectivity index (χ2v) is 6.03. The number of aliphatic hydroxyl groups excluding tert-OH is 1. The van der Waals surface area contributed by atoms with Crippen LogP contribution in [0.3, 0.4) is 0 Å². The van der Waals surface area contributed by atoms with Crippen LogP contribution in [0.25, 0.3) is 0 Å². The summed E-state index contributed by atoms with van der Waals surface area (Å²) in [7, 11) is -1.35. The maximum absolute atomic E-state index is 11.4. The van der Waals surface area contributed by atoms with Gasteiger partial charge in [0, 0.05) is 13.1 Å². The molecule has 0 aliphatic carbocycles. The van der Waals surface area contributed by atoms with Crippen LogP contribution in [0.5, 0.6) is 0 Å². The monoisotopic (exact) mass is 374 g/mol. The van der Waals surface area contributed by atoms with Crippen molar-refractivity contribution >= 4 is 37.9 Å². The first kappa shape index (κ1) is 25.2. The normalized spacial score (nSPS) is 20.8. The van der Waals surface area contributed by atoms with Gasteiger partial charge in [0.25, 0.3) is 0 Å². The second kappa shape index (κ2) is 12.3. The number of aliphatic carboxylic acids is 1. The van der Waals surface area contributed by atoms with E-state index in [0.717, 1.165) is 19.4 Å². The van der Waals surface area contributed by atoms with Crippen molar-refractivity contribution in [2.75, 3.05) is 19.6 Å². The Bertz CT molecular complexity index is 341. The number of hydrogen-bond donors (Lipinski definition) is 5. The summed E-state index contributed by atoms with van der Waals surface area (Å²) in [6.07, 6.45) is 3.33. The van der Waals surface area contributed by atoms with Crippen molar-refractivity contribution in [2.45, 2.75) is 56.5 Å². The molecule has 1 aliphatic heterocycles. The zero-order valence-electron chi connectivity index (χ0n) is 13.3. The highest BCUT2D eigenvalue weighted by Gasteiger charge is 2.34. The first-order chi connectivity index (χ1) is 9.83. The first-order valence-electron chi connectivity index (χ1n) is 7.62. The van der Waals surface area contributed by atoms with Gasteiger partial charge in [-0.25, -0.2) is 0 Å². The van der Waals surface area contributed by atoms with Crippen molar-refractivity contribution in [1.29, 1.82) is 0 Å². The molecule has 1 aliphatic rings. The summed E-state index contributed by atoms with van der Waals surface area (Å²) in [4.78, 5) is 13.4. The van der Waals surface area contributed by atoms with E-state index in [4.69, 9.17) is 15.8 Å². The molecule has 0 aromatic rings. The lowest BCUT2D eigenvalue weighted by molar-refractivity contribution is -0.144. The summed E-state index contributed by atoms with van der Waals surface area (Å²) in [5, 5.41) is 36.5. The predicted octanol–water partition coefficient (Wildman–Crippen LogP) is 0.102. The highest BCUT2D eigenvalue weighted by atomic mass is 35.5. The van der Waals surface area contributed by atoms with E-state index < -0.39 is 18.6 Å². The highest BCUT2D eigenvalue weighted by molar-refractivity contribution is 6.40. The Morgan fingerprint density at radius 3 is 2.43 bits per heavy atom. The molecule has 10 heteroatoms. The summed E-state index contributed by atoms with van der Waals surface area (Å²) >= 11 is 0. The van der Waals surface area contributed by atoms with Crippen molar-refractivity contribution < 1.29 is 25.1 Å². The number of β-amino-alcohol motifs (C(OH)–C–C–N with tert-alkyl or cyclic N) is 1. The number of aliphatic hydroxyl groups is 1. The molecular weight excluding hydrogens is 346 g/mol. The van der Waals surface area contributed by atoms with Gasteiger partial charge < -0.3 is 30.9 Å². The Hall–Kier alpha value is -0.0851. The van der Waals surface area contributed by atoms with E-state index in [-0.39, 0.29) is 37.2 Å². The van der Waals surface area contributed by atoms with Crippen LogP contribution < -0.4 is 5.73 Å². The van der Waals surface area contributed by atoms with E-state index in [1.165, 1.54) is 0 Å². The van der Waals surface area contributed by atoms with Gasteiger partial charge in [-0.05, 0) is 38.5 Å². The van der Waals surface area contributed by atoms with E-state index in [9.17, 15) is 15.0 Å². The second-order valence-electron chi connectivity index (χ2n) is 6.03. The quantitative estimate of drug-likeness (QED) is 0.286. The highest BCUT2D eigenvalue weighted by Crippen LogP contribution is 2.19. The van der Waals surface area contributed by atoms with Crippen LogP contribution >= 0.6 is 24.8 Å². The number of piperidine rings is 1. The van der Waals surface area contributed by atoms with Gasteiger partial charge in [-0.2, -0.15) is 0 Å². The maximum atomic E-state index is 11.4. The smallest absolute Gasteiger partial charge is 0.451 e. The third kappa shape index (κ3) is 9.71. The van der Waals surface area contributed by atoms with Crippen molar-refractivity contribution in [3.8, 4) is 0 Å². The number of carbonyl (C=O) groups is 1. The number of carboxylic acid groups (broad SMARTS) is 1. The van der Waals surface area contributed by atoms with Gasteiger partial charge in [0.2, 0.25) is 0 Å². The van der Waals surface area contributed by atoms with Gasteiger partial charge in [-0.15, -0.1) is 24.8 Å². The summed E-state index contributed by atoms with van der Waals surface area (Å²) < 4.78 is 0. The molecule has 138 valence electrons. The van der Waals surface area contributed by atoms with E-state index in [0.29, 0.717) is 38.8 Å². The molecule has 0 bridgehead atoms. The fraction of sp³-hybridized carbons (Fsp3) is 0.923. The minimum Gasteiger partial charge on any atom is -0.480 e. The Morgan fingerprint density at radius 1 is 1.26 bits per heavy atom. The Kier molecular flexibility index (Phi) is 13.5. The number of nitrogens with zero attached hydrogens (tertiary/aromatic N) is 1. The summed E-state index contributed by atoms with van der Waals surface area (Å²) in [5.41, 5.74) is 4.71. The summed E-state index contributed by atoms with van der Waals surface area (Å²) in [6, 6.07) is 0. The molecule has 23 heavy (non-hydrogen) atoms. The Labute approximate surface area is 150 Å². The molecule has 1 saturated heterocycles. The molecule has 0 spiro atoms. The van der Waals surface area contributed by atoms with Gasteiger partial charge in [-0.3, -0.25) is 4.79 Å². The topological polar surface area (TPSA) is 127 Å². The third-order valence-corrected chi connectivity index (χ3v) is 4.12. The molecule has 0 saturated carbocycles. The molecule has 1 heterocycles. The van der Waals surface area contributed by atoms with E-state index in [1.807, 2.05) is 0 Å². The van der Waals surface area contributed by atoms with Crippen molar-refractivity contribution in [3.05, 3.63) is 0 Å². The zero-order chi connectivity index (χ0) is 15.9. The Balaban J connectivity index is 0. The lowest BCUT2D eigenvalue weighted by Gasteiger charge is -2.33. The standard InChI is InChI=1S/C13H27BN2O5.2ClH/c15-13(12(18)19,5-1-2-7-14(20)21)6-9-16-8-3-4-11(17)10-16;;/h11,17,20-21H,1-10,15H2,(H,18,19);2*1H. The molecule has 0 amide bonds. The molecule has 7 nitrogen and oxygen atoms in total. The molecule has 2 unspecified atom stereocenters. The van der Waals surface area contributed by atoms with Gasteiger partial charge in [-0.1, -0.05) is 12.8 Å². The summed E-state index contributed by atoms with van der Waals surface area (Å²) in [6.45, 7) is 2.00. The average molecular weight is 375 g/mol. The third-order valence-electron chi connectivity index (χ3n) is 4.12. The molecule has 1 fully saturated rings. The molecule has 1 rings (SSSR count). The molecule has 2 atom stereocenters. The zero-order valence-corrected chi connectivity index (χ0v) is 14.9. The van der Waals surface area contributed by atoms with Crippen LogP contribution in [-0.4, -0.2) is 69.5 Å². The van der Waals surface area contributed by atoms with Crippen LogP contribution in [-0.2, 0) is 4.79 Å². The lowest BCUT2D eigenvalue weighted by atomic mass is 9.81. The van der Waals surface area contributed by atoms with Crippen LogP contribution in [0.2, 0.25) is 6.32 Å². The first-order valence-corrected chi connectivity index (χ1v) is 7.62. The number of unbranched alkanes of at least 4 members (excludes halogenated alkanes) is 1. The number of hydrogen-bond acceptors (Lipinski definition) is 6. The molecule has 0 aromatic carbocycles. The summed E-state index contributed by atoms with van der Waals surface area (Å²) in [5.74, 6) is -1.02. The minimum absolute atomic E-state index is 0. The number of carboxylic acids is 1. The van der Waals surface area contributed by atoms with Gasteiger partial charge in [0.05, 0.1) is 6.10 Å².